The van der Waals surface area contributed by atoms with Gasteiger partial charge in [-0.2, -0.15) is 0 Å². The van der Waals surface area contributed by atoms with Crippen molar-refractivity contribution in [2.45, 2.75) is 44.7 Å². The molecule has 0 fully saturated rings. The summed E-state index contributed by atoms with van der Waals surface area (Å²) in [5, 5.41) is 3.74. The van der Waals surface area contributed by atoms with Crippen LogP contribution < -0.4 is 10.9 Å². The van der Waals surface area contributed by atoms with E-state index in [4.69, 9.17) is 4.74 Å². The highest BCUT2D eigenvalue weighted by atomic mass is 32.2. The average Bonchev–Trinajstić information content (AvgIpc) is 2.71. The number of rotatable bonds is 8. The number of thioether (sulfide) groups is 1. The zero-order chi connectivity index (χ0) is 21.7. The number of hydrogen-bond acceptors (Lipinski definition) is 6. The summed E-state index contributed by atoms with van der Waals surface area (Å²) in [5.41, 5.74) is 3.09. The standard InChI is InChI=1S/C23H27N3O3S/c1-5-7-13-30-23-25-20-19(21(27)26-23)18(16-11-9-8-10-14(16)3)17(15(4)24-20)22(28)29-12-6-2/h6,8-11,18H,2,5,7,12-13H2,1,3-4H3,(H2,24,25,26,27). The van der Waals surface area contributed by atoms with E-state index in [1.165, 1.54) is 17.8 Å². The Balaban J connectivity index is 2.14. The fourth-order valence-electron chi connectivity index (χ4n) is 3.52. The number of allylic oxidation sites excluding steroid dienone is 1. The first kappa shape index (κ1) is 21.9. The van der Waals surface area contributed by atoms with Crippen LogP contribution in [0.25, 0.3) is 0 Å². The van der Waals surface area contributed by atoms with Crippen LogP contribution in [0.4, 0.5) is 5.82 Å². The van der Waals surface area contributed by atoms with E-state index in [9.17, 15) is 9.59 Å². The Morgan fingerprint density at radius 1 is 1.33 bits per heavy atom. The van der Waals surface area contributed by atoms with Crippen molar-refractivity contribution in [3.05, 3.63) is 75.2 Å². The maximum Gasteiger partial charge on any atom is 0.337 e. The second kappa shape index (κ2) is 9.80. The average molecular weight is 426 g/mol. The molecular weight excluding hydrogens is 398 g/mol. The summed E-state index contributed by atoms with van der Waals surface area (Å²) < 4.78 is 5.35. The van der Waals surface area contributed by atoms with Crippen molar-refractivity contribution in [2.24, 2.45) is 0 Å². The van der Waals surface area contributed by atoms with Gasteiger partial charge in [0.05, 0.1) is 17.1 Å². The number of unbranched alkanes of at least 4 members (excludes halogenated alkanes) is 1. The van der Waals surface area contributed by atoms with Crippen molar-refractivity contribution in [3.8, 4) is 0 Å². The van der Waals surface area contributed by atoms with E-state index in [0.717, 1.165) is 29.7 Å². The van der Waals surface area contributed by atoms with E-state index in [1.807, 2.05) is 38.1 Å². The summed E-state index contributed by atoms with van der Waals surface area (Å²) >= 11 is 1.53. The number of benzene rings is 1. The van der Waals surface area contributed by atoms with Gasteiger partial charge < -0.3 is 15.0 Å². The molecule has 0 aliphatic carbocycles. The summed E-state index contributed by atoms with van der Waals surface area (Å²) in [4.78, 5) is 33.6. The Morgan fingerprint density at radius 2 is 2.10 bits per heavy atom. The fraction of sp³-hybridized carbons (Fsp3) is 0.348. The minimum absolute atomic E-state index is 0.102. The van der Waals surface area contributed by atoms with Crippen LogP contribution in [0.3, 0.4) is 0 Å². The van der Waals surface area contributed by atoms with Crippen LogP contribution in [0, 0.1) is 6.92 Å². The predicted octanol–water partition coefficient (Wildman–Crippen LogP) is 4.53. The molecule has 2 N–H and O–H groups in total. The van der Waals surface area contributed by atoms with Crippen LogP contribution in [-0.4, -0.2) is 28.3 Å². The molecule has 1 aromatic carbocycles. The molecule has 1 unspecified atom stereocenters. The zero-order valence-electron chi connectivity index (χ0n) is 17.6. The number of esters is 1. The first-order chi connectivity index (χ1) is 14.5. The monoisotopic (exact) mass is 425 g/mol. The van der Waals surface area contributed by atoms with Crippen LogP contribution >= 0.6 is 11.8 Å². The lowest BCUT2D eigenvalue weighted by molar-refractivity contribution is -0.138. The molecule has 1 aromatic heterocycles. The van der Waals surface area contributed by atoms with Gasteiger partial charge in [-0.1, -0.05) is 62.0 Å². The van der Waals surface area contributed by atoms with Crippen molar-refractivity contribution in [1.82, 2.24) is 9.97 Å². The molecule has 1 aliphatic rings. The summed E-state index contributed by atoms with van der Waals surface area (Å²) in [6.07, 6.45) is 3.64. The lowest BCUT2D eigenvalue weighted by Gasteiger charge is -2.29. The smallest absolute Gasteiger partial charge is 0.337 e. The Morgan fingerprint density at radius 3 is 2.80 bits per heavy atom. The number of nitrogens with one attached hydrogen (secondary N) is 2. The lowest BCUT2D eigenvalue weighted by Crippen LogP contribution is -2.31. The van der Waals surface area contributed by atoms with Gasteiger partial charge in [-0.3, -0.25) is 4.79 Å². The molecule has 0 spiro atoms. The molecule has 0 saturated heterocycles. The largest absolute Gasteiger partial charge is 0.458 e. The topological polar surface area (TPSA) is 84.1 Å². The second-order valence-electron chi connectivity index (χ2n) is 7.18. The third-order valence-corrected chi connectivity index (χ3v) is 5.97. The predicted molar refractivity (Wildman–Crippen MR) is 121 cm³/mol. The Kier molecular flexibility index (Phi) is 7.15. The van der Waals surface area contributed by atoms with Crippen molar-refractivity contribution >= 4 is 23.5 Å². The number of carbonyl (C=O) groups excluding carboxylic acids is 1. The quantitative estimate of drug-likeness (QED) is 0.213. The molecule has 7 heteroatoms. The highest BCUT2D eigenvalue weighted by Crippen LogP contribution is 2.41. The van der Waals surface area contributed by atoms with Gasteiger partial charge in [0.25, 0.3) is 5.56 Å². The van der Waals surface area contributed by atoms with E-state index in [1.54, 1.807) is 0 Å². The van der Waals surface area contributed by atoms with Crippen LogP contribution in [0.1, 0.15) is 49.3 Å². The third kappa shape index (κ3) is 4.51. The van der Waals surface area contributed by atoms with Gasteiger partial charge in [-0.15, -0.1) is 0 Å². The van der Waals surface area contributed by atoms with Gasteiger partial charge in [0.1, 0.15) is 12.4 Å². The lowest BCUT2D eigenvalue weighted by atomic mass is 9.80. The molecule has 3 rings (SSSR count). The van der Waals surface area contributed by atoms with Crippen LogP contribution in [0.5, 0.6) is 0 Å². The van der Waals surface area contributed by atoms with Crippen molar-refractivity contribution in [2.75, 3.05) is 17.7 Å². The minimum atomic E-state index is -0.564. The van der Waals surface area contributed by atoms with Gasteiger partial charge in [0.15, 0.2) is 5.16 Å². The minimum Gasteiger partial charge on any atom is -0.458 e. The van der Waals surface area contributed by atoms with Gasteiger partial charge in [-0.05, 0) is 31.4 Å². The molecule has 1 aliphatic heterocycles. The van der Waals surface area contributed by atoms with Crippen molar-refractivity contribution in [3.63, 3.8) is 0 Å². The molecular formula is C23H27N3O3S. The fourth-order valence-corrected chi connectivity index (χ4v) is 4.46. The highest BCUT2D eigenvalue weighted by molar-refractivity contribution is 7.99. The molecule has 30 heavy (non-hydrogen) atoms. The van der Waals surface area contributed by atoms with Crippen molar-refractivity contribution in [1.29, 1.82) is 0 Å². The summed E-state index contributed by atoms with van der Waals surface area (Å²) in [6.45, 7) is 9.61. The molecule has 0 bridgehead atoms. The van der Waals surface area contributed by atoms with Crippen LogP contribution in [0.2, 0.25) is 0 Å². The molecule has 2 aromatic rings. The van der Waals surface area contributed by atoms with Gasteiger partial charge in [-0.25, -0.2) is 9.78 Å². The van der Waals surface area contributed by atoms with E-state index in [0.29, 0.717) is 27.8 Å². The van der Waals surface area contributed by atoms with E-state index in [-0.39, 0.29) is 12.2 Å². The number of nitrogens with zero attached hydrogens (tertiary/aromatic N) is 1. The number of anilines is 1. The zero-order valence-corrected chi connectivity index (χ0v) is 18.4. The van der Waals surface area contributed by atoms with E-state index < -0.39 is 11.9 Å². The molecule has 158 valence electrons. The number of fused-ring (bicyclic) bond motifs is 1. The van der Waals surface area contributed by atoms with Crippen molar-refractivity contribution < 1.29 is 9.53 Å². The second-order valence-corrected chi connectivity index (χ2v) is 8.26. The van der Waals surface area contributed by atoms with Crippen LogP contribution in [-0.2, 0) is 9.53 Å². The van der Waals surface area contributed by atoms with Gasteiger partial charge in [0, 0.05) is 11.4 Å². The number of carbonyl (C=O) groups is 1. The molecule has 0 amide bonds. The van der Waals surface area contributed by atoms with E-state index in [2.05, 4.69) is 28.8 Å². The number of H-pyrrole nitrogens is 1. The summed E-state index contributed by atoms with van der Waals surface area (Å²) in [6, 6.07) is 7.74. The van der Waals surface area contributed by atoms with Crippen LogP contribution in [0.15, 0.2) is 58.1 Å². The molecule has 1 atom stereocenters. The Hall–Kier alpha value is -2.80. The number of aryl methyl sites for hydroxylation is 1. The molecule has 0 saturated carbocycles. The number of hydrogen-bond donors (Lipinski definition) is 2. The first-order valence-corrected chi connectivity index (χ1v) is 11.0. The number of ether oxygens (including phenoxy) is 1. The van der Waals surface area contributed by atoms with E-state index >= 15 is 0 Å². The highest BCUT2D eigenvalue weighted by Gasteiger charge is 2.37. The first-order valence-electron chi connectivity index (χ1n) is 10.1. The molecule has 0 radical (unpaired) electrons. The third-order valence-electron chi connectivity index (χ3n) is 5.01. The molecule has 2 heterocycles. The molecule has 6 nitrogen and oxygen atoms in total. The maximum atomic E-state index is 13.2. The van der Waals surface area contributed by atoms with Gasteiger partial charge in [0.2, 0.25) is 0 Å². The summed E-state index contributed by atoms with van der Waals surface area (Å²) in [5.74, 6) is 0.335. The SMILES string of the molecule is C=CCOC(=O)C1=C(C)Nc2nc(SCCCC)[nH]c(=O)c2C1c1ccccc1C. The maximum absolute atomic E-state index is 13.2. The Bertz CT molecular complexity index is 1040. The number of aromatic nitrogens is 2. The summed E-state index contributed by atoms with van der Waals surface area (Å²) in [7, 11) is 0. The van der Waals surface area contributed by atoms with Gasteiger partial charge >= 0.3 is 5.97 Å². The normalized spacial score (nSPS) is 15.4. The Labute approximate surface area is 180 Å². The number of aromatic amines is 1.